The van der Waals surface area contributed by atoms with Crippen LogP contribution in [-0.4, -0.2) is 6.04 Å². The van der Waals surface area contributed by atoms with Crippen molar-refractivity contribution in [3.8, 4) is 0 Å². The van der Waals surface area contributed by atoms with Crippen molar-refractivity contribution in [3.05, 3.63) is 28.8 Å². The zero-order chi connectivity index (χ0) is 10.0. The molecule has 0 saturated carbocycles. The molecule has 0 bridgehead atoms. The van der Waals surface area contributed by atoms with Gasteiger partial charge in [-0.1, -0.05) is 6.07 Å². The van der Waals surface area contributed by atoms with E-state index in [0.29, 0.717) is 6.04 Å². The average molecular weight is 177 g/mol. The van der Waals surface area contributed by atoms with Crippen LogP contribution < -0.4 is 5.32 Å². The third-order valence-corrected chi connectivity index (χ3v) is 2.28. The SMILES string of the molecule is Cc1cc(C)c(NC(C)C)cc1C. The second kappa shape index (κ2) is 3.82. The fourth-order valence-electron chi connectivity index (χ4n) is 1.43. The number of anilines is 1. The van der Waals surface area contributed by atoms with Crippen molar-refractivity contribution in [2.45, 2.75) is 40.7 Å². The molecule has 0 amide bonds. The van der Waals surface area contributed by atoms with E-state index in [2.05, 4.69) is 52.1 Å². The van der Waals surface area contributed by atoms with Gasteiger partial charge in [0, 0.05) is 11.7 Å². The lowest BCUT2D eigenvalue weighted by atomic mass is 10.0. The molecule has 0 fully saturated rings. The smallest absolute Gasteiger partial charge is 0.0374 e. The van der Waals surface area contributed by atoms with Gasteiger partial charge >= 0.3 is 0 Å². The van der Waals surface area contributed by atoms with Gasteiger partial charge in [-0.15, -0.1) is 0 Å². The first-order valence-electron chi connectivity index (χ1n) is 4.85. The Morgan fingerprint density at radius 2 is 1.46 bits per heavy atom. The van der Waals surface area contributed by atoms with Gasteiger partial charge in [-0.3, -0.25) is 0 Å². The maximum Gasteiger partial charge on any atom is 0.0374 e. The van der Waals surface area contributed by atoms with E-state index in [1.807, 2.05) is 0 Å². The molecule has 0 atom stereocenters. The molecule has 1 aromatic carbocycles. The Bertz CT molecular complexity index is 300. The van der Waals surface area contributed by atoms with Crippen molar-refractivity contribution < 1.29 is 0 Å². The maximum absolute atomic E-state index is 3.44. The Hall–Kier alpha value is -0.980. The fourth-order valence-corrected chi connectivity index (χ4v) is 1.43. The lowest BCUT2D eigenvalue weighted by Gasteiger charge is -2.14. The molecule has 0 radical (unpaired) electrons. The first-order valence-corrected chi connectivity index (χ1v) is 4.85. The Kier molecular flexibility index (Phi) is 2.97. The van der Waals surface area contributed by atoms with Crippen LogP contribution in [0.1, 0.15) is 30.5 Å². The van der Waals surface area contributed by atoms with E-state index in [0.717, 1.165) is 0 Å². The van der Waals surface area contributed by atoms with Crippen LogP contribution in [0.15, 0.2) is 12.1 Å². The van der Waals surface area contributed by atoms with Gasteiger partial charge in [-0.2, -0.15) is 0 Å². The Balaban J connectivity index is 3.01. The summed E-state index contributed by atoms with van der Waals surface area (Å²) < 4.78 is 0. The molecule has 0 aliphatic rings. The molecule has 0 heterocycles. The van der Waals surface area contributed by atoms with Gasteiger partial charge in [0.2, 0.25) is 0 Å². The number of hydrogen-bond acceptors (Lipinski definition) is 1. The molecule has 0 aliphatic carbocycles. The van der Waals surface area contributed by atoms with Gasteiger partial charge in [0.25, 0.3) is 0 Å². The van der Waals surface area contributed by atoms with Crippen molar-refractivity contribution in [2.24, 2.45) is 0 Å². The van der Waals surface area contributed by atoms with Gasteiger partial charge in [0.15, 0.2) is 0 Å². The van der Waals surface area contributed by atoms with Gasteiger partial charge in [-0.25, -0.2) is 0 Å². The van der Waals surface area contributed by atoms with Crippen molar-refractivity contribution >= 4 is 5.69 Å². The summed E-state index contributed by atoms with van der Waals surface area (Å²) in [6, 6.07) is 4.96. The van der Waals surface area contributed by atoms with Crippen molar-refractivity contribution in [1.82, 2.24) is 0 Å². The standard InChI is InChI=1S/C12H19N/c1-8(2)13-12-7-10(4)9(3)6-11(12)5/h6-8,13H,1-5H3. The minimum absolute atomic E-state index is 0.501. The summed E-state index contributed by atoms with van der Waals surface area (Å²) in [5, 5.41) is 3.44. The first kappa shape index (κ1) is 10.1. The predicted molar refractivity (Wildman–Crippen MR) is 59.4 cm³/mol. The van der Waals surface area contributed by atoms with Crippen molar-refractivity contribution in [1.29, 1.82) is 0 Å². The quantitative estimate of drug-likeness (QED) is 0.729. The second-order valence-corrected chi connectivity index (χ2v) is 4.05. The molecule has 0 spiro atoms. The number of benzene rings is 1. The van der Waals surface area contributed by atoms with Crippen LogP contribution in [0, 0.1) is 20.8 Å². The normalized spacial score (nSPS) is 10.6. The first-order chi connectivity index (χ1) is 6.00. The topological polar surface area (TPSA) is 12.0 Å². The molecule has 1 heteroatoms. The molecule has 0 aromatic heterocycles. The zero-order valence-corrected chi connectivity index (χ0v) is 9.23. The van der Waals surface area contributed by atoms with Gasteiger partial charge < -0.3 is 5.32 Å². The van der Waals surface area contributed by atoms with Gasteiger partial charge in [0.1, 0.15) is 0 Å². The van der Waals surface area contributed by atoms with E-state index >= 15 is 0 Å². The Morgan fingerprint density at radius 1 is 0.923 bits per heavy atom. The molecule has 0 aliphatic heterocycles. The summed E-state index contributed by atoms with van der Waals surface area (Å²) in [7, 11) is 0. The number of hydrogen-bond donors (Lipinski definition) is 1. The Morgan fingerprint density at radius 3 is 2.00 bits per heavy atom. The van der Waals surface area contributed by atoms with Crippen LogP contribution in [0.3, 0.4) is 0 Å². The van der Waals surface area contributed by atoms with E-state index < -0.39 is 0 Å². The lowest BCUT2D eigenvalue weighted by Crippen LogP contribution is -2.11. The monoisotopic (exact) mass is 177 g/mol. The molecular formula is C12H19N. The van der Waals surface area contributed by atoms with Crippen molar-refractivity contribution in [2.75, 3.05) is 5.32 Å². The van der Waals surface area contributed by atoms with E-state index in [1.54, 1.807) is 0 Å². The maximum atomic E-state index is 3.44. The van der Waals surface area contributed by atoms with E-state index in [9.17, 15) is 0 Å². The number of aryl methyl sites for hydroxylation is 3. The molecule has 72 valence electrons. The highest BCUT2D eigenvalue weighted by Crippen LogP contribution is 2.20. The average Bonchev–Trinajstić information content (AvgIpc) is 1.99. The lowest BCUT2D eigenvalue weighted by molar-refractivity contribution is 0.896. The summed E-state index contributed by atoms with van der Waals surface area (Å²) in [5.74, 6) is 0. The molecule has 0 unspecified atom stereocenters. The molecule has 1 N–H and O–H groups in total. The molecular weight excluding hydrogens is 158 g/mol. The van der Waals surface area contributed by atoms with Crippen LogP contribution in [0.4, 0.5) is 5.69 Å². The molecule has 1 rings (SSSR count). The molecule has 1 aromatic rings. The highest BCUT2D eigenvalue weighted by Gasteiger charge is 2.02. The Labute approximate surface area is 81.2 Å². The summed E-state index contributed by atoms with van der Waals surface area (Å²) in [5.41, 5.74) is 5.32. The third-order valence-electron chi connectivity index (χ3n) is 2.28. The fraction of sp³-hybridized carbons (Fsp3) is 0.500. The summed E-state index contributed by atoms with van der Waals surface area (Å²) in [6.45, 7) is 10.8. The van der Waals surface area contributed by atoms with Crippen LogP contribution in [-0.2, 0) is 0 Å². The minimum Gasteiger partial charge on any atom is -0.383 e. The zero-order valence-electron chi connectivity index (χ0n) is 9.23. The summed E-state index contributed by atoms with van der Waals surface area (Å²) >= 11 is 0. The number of rotatable bonds is 2. The molecule has 0 saturated heterocycles. The molecule has 1 nitrogen and oxygen atoms in total. The predicted octanol–water partition coefficient (Wildman–Crippen LogP) is 3.43. The third kappa shape index (κ3) is 2.48. The highest BCUT2D eigenvalue weighted by atomic mass is 14.9. The van der Waals surface area contributed by atoms with Crippen LogP contribution in [0.5, 0.6) is 0 Å². The summed E-state index contributed by atoms with van der Waals surface area (Å²) in [4.78, 5) is 0. The second-order valence-electron chi connectivity index (χ2n) is 4.05. The molecule has 13 heavy (non-hydrogen) atoms. The van der Waals surface area contributed by atoms with Crippen LogP contribution >= 0.6 is 0 Å². The highest BCUT2D eigenvalue weighted by molar-refractivity contribution is 5.55. The minimum atomic E-state index is 0.501. The van der Waals surface area contributed by atoms with E-state index in [1.165, 1.54) is 22.4 Å². The van der Waals surface area contributed by atoms with Crippen LogP contribution in [0.2, 0.25) is 0 Å². The van der Waals surface area contributed by atoms with Crippen LogP contribution in [0.25, 0.3) is 0 Å². The summed E-state index contributed by atoms with van der Waals surface area (Å²) in [6.07, 6.45) is 0. The van der Waals surface area contributed by atoms with Crippen molar-refractivity contribution in [3.63, 3.8) is 0 Å². The van der Waals surface area contributed by atoms with Gasteiger partial charge in [-0.05, 0) is 57.4 Å². The van der Waals surface area contributed by atoms with E-state index in [-0.39, 0.29) is 0 Å². The number of nitrogens with one attached hydrogen (secondary N) is 1. The van der Waals surface area contributed by atoms with E-state index in [4.69, 9.17) is 0 Å². The van der Waals surface area contributed by atoms with Gasteiger partial charge in [0.05, 0.1) is 0 Å². The largest absolute Gasteiger partial charge is 0.383 e.